The average Bonchev–Trinajstić information content (AvgIpc) is 3.51. The third-order valence-electron chi connectivity index (χ3n) is 6.10. The number of rotatable bonds is 4. The number of halogens is 1. The molecule has 0 unspecified atom stereocenters. The molecule has 4 aromatic rings. The Labute approximate surface area is 203 Å². The van der Waals surface area contributed by atoms with Crippen LogP contribution in [0, 0.1) is 5.82 Å². The maximum atomic E-state index is 14.3. The number of amides is 2. The highest BCUT2D eigenvalue weighted by molar-refractivity contribution is 6.17. The van der Waals surface area contributed by atoms with E-state index in [1.54, 1.807) is 24.3 Å². The molecule has 2 heterocycles. The van der Waals surface area contributed by atoms with Crippen LogP contribution in [0.1, 0.15) is 33.6 Å². The SMILES string of the molecule is CNC.COc1ccc(-c2cc(C(N)=O)c3[nH]c4cc(C(=O)N5CCCC5)ccc4c3c2)cc1F. The summed E-state index contributed by atoms with van der Waals surface area (Å²) in [5, 5.41) is 4.39. The zero-order valence-corrected chi connectivity index (χ0v) is 20.1. The summed E-state index contributed by atoms with van der Waals surface area (Å²) in [6.45, 7) is 1.55. The van der Waals surface area contributed by atoms with E-state index in [2.05, 4.69) is 10.3 Å². The van der Waals surface area contributed by atoms with Gasteiger partial charge in [0.25, 0.3) is 11.8 Å². The maximum Gasteiger partial charge on any atom is 0.253 e. The maximum absolute atomic E-state index is 14.3. The van der Waals surface area contributed by atoms with Crippen molar-refractivity contribution in [2.24, 2.45) is 5.73 Å². The summed E-state index contributed by atoms with van der Waals surface area (Å²) >= 11 is 0. The fraction of sp³-hybridized carbons (Fsp3) is 0.259. The van der Waals surface area contributed by atoms with Crippen LogP contribution in [-0.2, 0) is 0 Å². The van der Waals surface area contributed by atoms with Gasteiger partial charge in [-0.2, -0.15) is 0 Å². The third kappa shape index (κ3) is 4.70. The van der Waals surface area contributed by atoms with E-state index in [1.165, 1.54) is 13.2 Å². The molecule has 4 N–H and O–H groups in total. The molecule has 3 aromatic carbocycles. The Morgan fingerprint density at radius 3 is 2.34 bits per heavy atom. The lowest BCUT2D eigenvalue weighted by Crippen LogP contribution is -2.27. The molecule has 0 atom stereocenters. The van der Waals surface area contributed by atoms with E-state index in [4.69, 9.17) is 10.5 Å². The van der Waals surface area contributed by atoms with Crippen LogP contribution < -0.4 is 15.8 Å². The van der Waals surface area contributed by atoms with Gasteiger partial charge in [-0.3, -0.25) is 9.59 Å². The summed E-state index contributed by atoms with van der Waals surface area (Å²) in [6.07, 6.45) is 2.05. The standard InChI is InChI=1S/C25H22FN3O3.C2H7N/c1-32-22-7-5-14(12-20(22)26)16-10-18-17-6-4-15(25(31)29-8-2-3-9-29)13-21(17)28-23(18)19(11-16)24(27)30;1-3-2/h4-7,10-13,28H,2-3,8-9H2,1H3,(H2,27,30);3H,1-2H3. The number of benzene rings is 3. The van der Waals surface area contributed by atoms with Crippen molar-refractivity contribution >= 4 is 33.6 Å². The Bertz CT molecular complexity index is 1410. The van der Waals surface area contributed by atoms with Crippen LogP contribution in [0.15, 0.2) is 48.5 Å². The summed E-state index contributed by atoms with van der Waals surface area (Å²) in [5.74, 6) is -0.930. The van der Waals surface area contributed by atoms with Crippen molar-refractivity contribution in [3.63, 3.8) is 0 Å². The number of aromatic amines is 1. The van der Waals surface area contributed by atoms with Gasteiger partial charge in [-0.15, -0.1) is 0 Å². The number of carbonyl (C=O) groups excluding carboxylic acids is 2. The monoisotopic (exact) mass is 476 g/mol. The number of nitrogens with zero attached hydrogens (tertiary/aromatic N) is 1. The van der Waals surface area contributed by atoms with E-state index in [0.29, 0.717) is 27.8 Å². The number of H-pyrrole nitrogens is 1. The van der Waals surface area contributed by atoms with Crippen molar-refractivity contribution in [3.05, 3.63) is 65.5 Å². The van der Waals surface area contributed by atoms with Crippen LogP contribution >= 0.6 is 0 Å². The second kappa shape index (κ2) is 10.1. The number of aromatic nitrogens is 1. The van der Waals surface area contributed by atoms with Crippen LogP contribution in [0.2, 0.25) is 0 Å². The molecule has 8 heteroatoms. The Balaban J connectivity index is 0.000000917. The minimum absolute atomic E-state index is 0.00702. The number of hydrogen-bond donors (Lipinski definition) is 3. The molecule has 0 saturated carbocycles. The van der Waals surface area contributed by atoms with Gasteiger partial charge in [0.1, 0.15) is 0 Å². The summed E-state index contributed by atoms with van der Waals surface area (Å²) in [4.78, 5) is 30.1. The van der Waals surface area contributed by atoms with E-state index >= 15 is 0 Å². The highest BCUT2D eigenvalue weighted by atomic mass is 19.1. The summed E-state index contributed by atoms with van der Waals surface area (Å²) in [7, 11) is 5.16. The predicted octanol–water partition coefficient (Wildman–Crippen LogP) is 4.31. The summed E-state index contributed by atoms with van der Waals surface area (Å²) < 4.78 is 19.3. The zero-order valence-electron chi connectivity index (χ0n) is 20.1. The van der Waals surface area contributed by atoms with E-state index < -0.39 is 11.7 Å². The largest absolute Gasteiger partial charge is 0.494 e. The topological polar surface area (TPSA) is 100 Å². The molecule has 0 radical (unpaired) electrons. The number of nitrogens with one attached hydrogen (secondary N) is 2. The van der Waals surface area contributed by atoms with Crippen molar-refractivity contribution in [1.29, 1.82) is 0 Å². The molecule has 5 rings (SSSR count). The van der Waals surface area contributed by atoms with E-state index in [0.717, 1.165) is 42.2 Å². The van der Waals surface area contributed by atoms with Crippen LogP contribution in [-0.4, -0.2) is 56.0 Å². The average molecular weight is 477 g/mol. The number of ether oxygens (including phenoxy) is 1. The first-order valence-corrected chi connectivity index (χ1v) is 11.5. The number of likely N-dealkylation sites (tertiary alicyclic amines) is 1. The van der Waals surface area contributed by atoms with Crippen molar-refractivity contribution in [2.75, 3.05) is 34.3 Å². The van der Waals surface area contributed by atoms with Gasteiger partial charge in [0, 0.05) is 34.9 Å². The van der Waals surface area contributed by atoms with Crippen LogP contribution in [0.25, 0.3) is 32.9 Å². The fourth-order valence-corrected chi connectivity index (χ4v) is 4.45. The Hall–Kier alpha value is -3.91. The van der Waals surface area contributed by atoms with Gasteiger partial charge in [0.05, 0.1) is 18.2 Å². The minimum Gasteiger partial charge on any atom is -0.494 e. The van der Waals surface area contributed by atoms with Gasteiger partial charge < -0.3 is 25.7 Å². The van der Waals surface area contributed by atoms with Gasteiger partial charge >= 0.3 is 0 Å². The fourth-order valence-electron chi connectivity index (χ4n) is 4.45. The van der Waals surface area contributed by atoms with E-state index in [-0.39, 0.29) is 11.7 Å². The zero-order chi connectivity index (χ0) is 25.1. The molecule has 182 valence electrons. The number of hydrogen-bond acceptors (Lipinski definition) is 4. The minimum atomic E-state index is -0.592. The van der Waals surface area contributed by atoms with Crippen molar-refractivity contribution < 1.29 is 18.7 Å². The lowest BCUT2D eigenvalue weighted by atomic mass is 9.98. The van der Waals surface area contributed by atoms with Gasteiger partial charge in [0.2, 0.25) is 0 Å². The highest BCUT2D eigenvalue weighted by Gasteiger charge is 2.21. The molecule has 1 saturated heterocycles. The quantitative estimate of drug-likeness (QED) is 0.409. The molecule has 7 nitrogen and oxygen atoms in total. The molecule has 1 aliphatic heterocycles. The Kier molecular flexibility index (Phi) is 7.02. The molecule has 0 spiro atoms. The van der Waals surface area contributed by atoms with E-state index in [9.17, 15) is 14.0 Å². The number of primary amides is 1. The Morgan fingerprint density at radius 2 is 1.71 bits per heavy atom. The molecule has 1 fully saturated rings. The normalized spacial score (nSPS) is 13.1. The molecule has 2 amide bonds. The predicted molar refractivity (Wildman–Crippen MR) is 136 cm³/mol. The second-order valence-corrected chi connectivity index (χ2v) is 8.54. The summed E-state index contributed by atoms with van der Waals surface area (Å²) in [5.41, 5.74) is 9.17. The molecular formula is C27H29FN4O3. The first kappa shape index (κ1) is 24.2. The van der Waals surface area contributed by atoms with Crippen molar-refractivity contribution in [2.45, 2.75) is 12.8 Å². The molecule has 0 bridgehead atoms. The highest BCUT2D eigenvalue weighted by Crippen LogP contribution is 2.34. The van der Waals surface area contributed by atoms with Gasteiger partial charge in [0.15, 0.2) is 11.6 Å². The van der Waals surface area contributed by atoms with Crippen molar-refractivity contribution in [3.8, 4) is 16.9 Å². The number of methoxy groups -OCH3 is 1. The first-order valence-electron chi connectivity index (χ1n) is 11.5. The lowest BCUT2D eigenvalue weighted by molar-refractivity contribution is 0.0792. The molecule has 0 aliphatic carbocycles. The molecule has 1 aliphatic rings. The van der Waals surface area contributed by atoms with Crippen LogP contribution in [0.3, 0.4) is 0 Å². The smallest absolute Gasteiger partial charge is 0.253 e. The molecule has 35 heavy (non-hydrogen) atoms. The van der Waals surface area contributed by atoms with Crippen LogP contribution in [0.5, 0.6) is 5.75 Å². The number of carbonyl (C=O) groups is 2. The van der Waals surface area contributed by atoms with Gasteiger partial charge in [-0.25, -0.2) is 4.39 Å². The van der Waals surface area contributed by atoms with E-state index in [1.807, 2.05) is 37.2 Å². The lowest BCUT2D eigenvalue weighted by Gasteiger charge is -2.15. The third-order valence-corrected chi connectivity index (χ3v) is 6.10. The number of nitrogens with two attached hydrogens (primary N) is 1. The van der Waals surface area contributed by atoms with Gasteiger partial charge in [-0.1, -0.05) is 12.1 Å². The molecule has 1 aromatic heterocycles. The number of fused-ring (bicyclic) bond motifs is 3. The van der Waals surface area contributed by atoms with Crippen molar-refractivity contribution in [1.82, 2.24) is 15.2 Å². The first-order chi connectivity index (χ1) is 16.9. The summed E-state index contributed by atoms with van der Waals surface area (Å²) in [6, 6.07) is 13.7. The van der Waals surface area contributed by atoms with Gasteiger partial charge in [-0.05, 0) is 74.5 Å². The molecular weight excluding hydrogens is 447 g/mol. The second-order valence-electron chi connectivity index (χ2n) is 8.54. The van der Waals surface area contributed by atoms with Crippen LogP contribution in [0.4, 0.5) is 4.39 Å². The Morgan fingerprint density at radius 1 is 1.00 bits per heavy atom.